The molecule has 0 heterocycles. The first kappa shape index (κ1) is 13.2. The molecule has 16 heavy (non-hydrogen) atoms. The topological polar surface area (TPSA) is 54.4 Å². The molecule has 0 spiro atoms. The number of aryl methyl sites for hydroxylation is 2. The average molecular weight is 242 g/mol. The standard InChI is InChI=1S/C12H18O3S/c1-4-9-7-8-10(5-2)12(11(9)6-3)16(13,14)15/h7-8H,4-6H2,1-3H3,(H,13,14,15). The highest BCUT2D eigenvalue weighted by molar-refractivity contribution is 7.86. The molecule has 0 aliphatic carbocycles. The van der Waals surface area contributed by atoms with Gasteiger partial charge in [-0.3, -0.25) is 4.55 Å². The lowest BCUT2D eigenvalue weighted by Gasteiger charge is -2.14. The van der Waals surface area contributed by atoms with Crippen molar-refractivity contribution in [2.75, 3.05) is 0 Å². The van der Waals surface area contributed by atoms with E-state index in [1.807, 2.05) is 26.8 Å². The van der Waals surface area contributed by atoms with E-state index in [2.05, 4.69) is 0 Å². The van der Waals surface area contributed by atoms with Crippen molar-refractivity contribution in [1.82, 2.24) is 0 Å². The van der Waals surface area contributed by atoms with Crippen LogP contribution in [0.2, 0.25) is 0 Å². The lowest BCUT2D eigenvalue weighted by Crippen LogP contribution is -2.09. The van der Waals surface area contributed by atoms with Crippen LogP contribution in [-0.2, 0) is 29.4 Å². The Morgan fingerprint density at radius 2 is 1.50 bits per heavy atom. The Kier molecular flexibility index (Phi) is 4.10. The molecule has 0 saturated carbocycles. The van der Waals surface area contributed by atoms with E-state index in [0.717, 1.165) is 17.5 Å². The fourth-order valence-electron chi connectivity index (χ4n) is 2.04. The van der Waals surface area contributed by atoms with Crippen molar-refractivity contribution in [2.45, 2.75) is 44.9 Å². The van der Waals surface area contributed by atoms with E-state index in [9.17, 15) is 13.0 Å². The van der Waals surface area contributed by atoms with Crippen molar-refractivity contribution in [3.63, 3.8) is 0 Å². The van der Waals surface area contributed by atoms with E-state index in [0.29, 0.717) is 18.4 Å². The van der Waals surface area contributed by atoms with Crippen molar-refractivity contribution < 1.29 is 13.0 Å². The molecular weight excluding hydrogens is 224 g/mol. The molecule has 1 rings (SSSR count). The maximum absolute atomic E-state index is 11.4. The molecule has 0 atom stereocenters. The molecule has 0 unspecified atom stereocenters. The predicted octanol–water partition coefficient (Wildman–Crippen LogP) is 2.62. The fourth-order valence-corrected chi connectivity index (χ4v) is 3.17. The van der Waals surface area contributed by atoms with Gasteiger partial charge in [-0.05, 0) is 36.0 Å². The van der Waals surface area contributed by atoms with E-state index < -0.39 is 10.1 Å². The van der Waals surface area contributed by atoms with Gasteiger partial charge in [0.15, 0.2) is 0 Å². The van der Waals surface area contributed by atoms with Crippen molar-refractivity contribution >= 4 is 10.1 Å². The second kappa shape index (κ2) is 4.97. The van der Waals surface area contributed by atoms with Gasteiger partial charge < -0.3 is 0 Å². The van der Waals surface area contributed by atoms with Crippen LogP contribution in [0.5, 0.6) is 0 Å². The van der Waals surface area contributed by atoms with Gasteiger partial charge in [-0.15, -0.1) is 0 Å². The van der Waals surface area contributed by atoms with Gasteiger partial charge in [0.2, 0.25) is 0 Å². The second-order valence-corrected chi connectivity index (χ2v) is 5.09. The molecule has 1 N–H and O–H groups in total. The predicted molar refractivity (Wildman–Crippen MR) is 64.4 cm³/mol. The van der Waals surface area contributed by atoms with E-state index in [4.69, 9.17) is 0 Å². The normalized spacial score (nSPS) is 11.8. The van der Waals surface area contributed by atoms with Crippen LogP contribution in [-0.4, -0.2) is 13.0 Å². The molecule has 1 aromatic rings. The Hall–Kier alpha value is -0.870. The summed E-state index contributed by atoms with van der Waals surface area (Å²) in [6.45, 7) is 5.77. The largest absolute Gasteiger partial charge is 0.295 e. The summed E-state index contributed by atoms with van der Waals surface area (Å²) < 4.78 is 32.1. The molecule has 3 nitrogen and oxygen atoms in total. The van der Waals surface area contributed by atoms with E-state index in [-0.39, 0.29) is 4.90 Å². The van der Waals surface area contributed by atoms with Crippen molar-refractivity contribution in [1.29, 1.82) is 0 Å². The summed E-state index contributed by atoms with van der Waals surface area (Å²) in [6, 6.07) is 3.74. The Bertz CT molecular complexity index is 475. The summed E-state index contributed by atoms with van der Waals surface area (Å²) in [7, 11) is -4.12. The minimum atomic E-state index is -4.12. The van der Waals surface area contributed by atoms with Gasteiger partial charge >= 0.3 is 0 Å². The Morgan fingerprint density at radius 1 is 1.00 bits per heavy atom. The zero-order chi connectivity index (χ0) is 12.3. The summed E-state index contributed by atoms with van der Waals surface area (Å²) in [5.74, 6) is 0. The minimum Gasteiger partial charge on any atom is -0.282 e. The van der Waals surface area contributed by atoms with Gasteiger partial charge in [0.05, 0.1) is 0 Å². The zero-order valence-corrected chi connectivity index (χ0v) is 10.8. The zero-order valence-electron chi connectivity index (χ0n) is 9.95. The molecular formula is C12H18O3S. The minimum absolute atomic E-state index is 0.122. The molecule has 0 saturated heterocycles. The highest BCUT2D eigenvalue weighted by Crippen LogP contribution is 2.25. The van der Waals surface area contributed by atoms with Gasteiger partial charge in [-0.1, -0.05) is 32.9 Å². The Balaban J connectivity index is 3.63. The lowest BCUT2D eigenvalue weighted by atomic mass is 9.99. The maximum atomic E-state index is 11.4. The Morgan fingerprint density at radius 3 is 1.88 bits per heavy atom. The first-order valence-corrected chi connectivity index (χ1v) is 7.00. The van der Waals surface area contributed by atoms with Gasteiger partial charge in [-0.2, -0.15) is 8.42 Å². The van der Waals surface area contributed by atoms with Crippen molar-refractivity contribution in [3.05, 3.63) is 28.8 Å². The molecule has 90 valence electrons. The maximum Gasteiger partial charge on any atom is 0.295 e. The summed E-state index contributed by atoms with van der Waals surface area (Å²) in [4.78, 5) is 0.122. The first-order chi connectivity index (χ1) is 7.45. The highest BCUT2D eigenvalue weighted by Gasteiger charge is 2.20. The molecule has 0 aliphatic heterocycles. The molecule has 0 bridgehead atoms. The van der Waals surface area contributed by atoms with Gasteiger partial charge in [0.1, 0.15) is 4.90 Å². The molecule has 0 radical (unpaired) electrons. The molecule has 0 aliphatic rings. The van der Waals surface area contributed by atoms with E-state index in [1.54, 1.807) is 6.07 Å². The van der Waals surface area contributed by atoms with Crippen LogP contribution in [0.3, 0.4) is 0 Å². The summed E-state index contributed by atoms with van der Waals surface area (Å²) in [5, 5.41) is 0. The average Bonchev–Trinajstić information content (AvgIpc) is 2.25. The number of benzene rings is 1. The summed E-state index contributed by atoms with van der Waals surface area (Å²) in [5.41, 5.74) is 2.44. The van der Waals surface area contributed by atoms with Crippen LogP contribution >= 0.6 is 0 Å². The third kappa shape index (κ3) is 2.44. The SMILES string of the molecule is CCc1ccc(CC)c(S(=O)(=O)O)c1CC. The molecule has 0 aromatic heterocycles. The summed E-state index contributed by atoms with van der Waals surface area (Å²) >= 11 is 0. The van der Waals surface area contributed by atoms with Crippen LogP contribution in [0.4, 0.5) is 0 Å². The highest BCUT2D eigenvalue weighted by atomic mass is 32.2. The molecule has 4 heteroatoms. The number of hydrogen-bond acceptors (Lipinski definition) is 2. The smallest absolute Gasteiger partial charge is 0.282 e. The molecule has 0 fully saturated rings. The third-order valence-corrected chi connectivity index (χ3v) is 3.84. The lowest BCUT2D eigenvalue weighted by molar-refractivity contribution is 0.481. The van der Waals surface area contributed by atoms with Gasteiger partial charge in [0.25, 0.3) is 10.1 Å². The number of rotatable bonds is 4. The van der Waals surface area contributed by atoms with Crippen LogP contribution in [0, 0.1) is 0 Å². The summed E-state index contributed by atoms with van der Waals surface area (Å²) in [6.07, 6.45) is 1.99. The first-order valence-electron chi connectivity index (χ1n) is 5.56. The van der Waals surface area contributed by atoms with Crippen LogP contribution in [0.15, 0.2) is 17.0 Å². The van der Waals surface area contributed by atoms with E-state index in [1.165, 1.54) is 0 Å². The third-order valence-electron chi connectivity index (χ3n) is 2.81. The monoisotopic (exact) mass is 242 g/mol. The molecule has 0 amide bonds. The second-order valence-electron chi connectivity index (χ2n) is 3.73. The quantitative estimate of drug-likeness (QED) is 0.826. The fraction of sp³-hybridized carbons (Fsp3) is 0.500. The van der Waals surface area contributed by atoms with Crippen LogP contribution in [0.25, 0.3) is 0 Å². The Labute approximate surface area is 97.2 Å². The van der Waals surface area contributed by atoms with Gasteiger partial charge in [0, 0.05) is 0 Å². The van der Waals surface area contributed by atoms with Crippen molar-refractivity contribution in [2.24, 2.45) is 0 Å². The molecule has 1 aromatic carbocycles. The van der Waals surface area contributed by atoms with Gasteiger partial charge in [-0.25, -0.2) is 0 Å². The van der Waals surface area contributed by atoms with E-state index >= 15 is 0 Å². The van der Waals surface area contributed by atoms with Crippen LogP contribution in [0.1, 0.15) is 37.5 Å². The number of hydrogen-bond donors (Lipinski definition) is 1. The van der Waals surface area contributed by atoms with Crippen molar-refractivity contribution in [3.8, 4) is 0 Å². The van der Waals surface area contributed by atoms with Crippen LogP contribution < -0.4 is 0 Å².